The monoisotopic (exact) mass is 856 g/mol. The van der Waals surface area contributed by atoms with Crippen molar-refractivity contribution in [3.63, 3.8) is 0 Å². The summed E-state index contributed by atoms with van der Waals surface area (Å²) < 4.78 is 12.0. The standard InChI is InChI=1S/C23H20ClN7OS.C13H7BrClN5S/c24-18-4-2-1-3-17(18)19-13-25-14-31(19)22-20-21(28-29-22)27-23(33-20)26-15-5-7-16(8-6-15)30-9-11-32-12-10-30;14-13-17-11-10(21-13)12(19-18-11)20-6-16-5-9(20)7-3-1-2-4-8(7)15/h1-8,13-14H,9-12H2,(H2,26,27,28,29);1-6H,(H,18,19). The van der Waals surface area contributed by atoms with E-state index in [1.165, 1.54) is 28.4 Å². The molecular formula is C36H27BrCl2N12OS2. The topological polar surface area (TPSA) is 143 Å². The smallest absolute Gasteiger partial charge is 0.189 e. The van der Waals surface area contributed by atoms with Crippen molar-refractivity contribution in [1.82, 2.24) is 49.5 Å². The molecule has 13 nitrogen and oxygen atoms in total. The Balaban J connectivity index is 0.000000157. The number of fused-ring (bicyclic) bond motifs is 2. The fourth-order valence-corrected chi connectivity index (χ4v) is 8.91. The lowest BCUT2D eigenvalue weighted by Gasteiger charge is -2.28. The van der Waals surface area contributed by atoms with E-state index in [9.17, 15) is 0 Å². The van der Waals surface area contributed by atoms with Crippen LogP contribution < -0.4 is 10.2 Å². The highest BCUT2D eigenvalue weighted by atomic mass is 79.9. The first-order valence-corrected chi connectivity index (χ1v) is 19.8. The molecule has 6 aromatic heterocycles. The Labute approximate surface area is 333 Å². The van der Waals surface area contributed by atoms with E-state index in [1.807, 2.05) is 57.7 Å². The highest BCUT2D eigenvalue weighted by Crippen LogP contribution is 2.36. The summed E-state index contributed by atoms with van der Waals surface area (Å²) in [5.74, 6) is 1.51. The van der Waals surface area contributed by atoms with E-state index in [4.69, 9.17) is 27.9 Å². The van der Waals surface area contributed by atoms with Crippen LogP contribution in [0.4, 0.5) is 16.5 Å². The zero-order valence-electron chi connectivity index (χ0n) is 27.9. The van der Waals surface area contributed by atoms with Crippen LogP contribution in [0.1, 0.15) is 0 Å². The molecule has 270 valence electrons. The van der Waals surface area contributed by atoms with Crippen molar-refractivity contribution >= 4 is 99.0 Å². The highest BCUT2D eigenvalue weighted by Gasteiger charge is 2.19. The zero-order valence-corrected chi connectivity index (χ0v) is 32.7. The van der Waals surface area contributed by atoms with E-state index in [0.717, 1.165) is 95.9 Å². The summed E-state index contributed by atoms with van der Waals surface area (Å²) in [6.07, 6.45) is 7.03. The van der Waals surface area contributed by atoms with E-state index in [1.54, 1.807) is 25.0 Å². The average molecular weight is 859 g/mol. The summed E-state index contributed by atoms with van der Waals surface area (Å²) in [6, 6.07) is 23.8. The van der Waals surface area contributed by atoms with Gasteiger partial charge in [0.15, 0.2) is 32.0 Å². The molecule has 7 heterocycles. The molecule has 10 rings (SSSR count). The minimum absolute atomic E-state index is 0.665. The Morgan fingerprint density at radius 3 is 1.85 bits per heavy atom. The van der Waals surface area contributed by atoms with Crippen LogP contribution in [0.3, 0.4) is 0 Å². The summed E-state index contributed by atoms with van der Waals surface area (Å²) in [6.45, 7) is 3.39. The van der Waals surface area contributed by atoms with Crippen molar-refractivity contribution in [3.05, 3.63) is 112 Å². The van der Waals surface area contributed by atoms with Crippen molar-refractivity contribution in [2.75, 3.05) is 36.5 Å². The maximum atomic E-state index is 6.42. The molecule has 1 fully saturated rings. The van der Waals surface area contributed by atoms with Crippen LogP contribution in [-0.2, 0) is 4.74 Å². The zero-order chi connectivity index (χ0) is 36.6. The van der Waals surface area contributed by atoms with Gasteiger partial charge in [-0.2, -0.15) is 10.2 Å². The van der Waals surface area contributed by atoms with Gasteiger partial charge in [0.25, 0.3) is 0 Å². The van der Waals surface area contributed by atoms with Gasteiger partial charge < -0.3 is 15.0 Å². The van der Waals surface area contributed by atoms with Gasteiger partial charge in [0, 0.05) is 45.6 Å². The van der Waals surface area contributed by atoms with E-state index >= 15 is 0 Å². The number of benzene rings is 3. The number of aromatic amines is 2. The van der Waals surface area contributed by atoms with Crippen molar-refractivity contribution in [2.24, 2.45) is 0 Å². The number of nitrogens with one attached hydrogen (secondary N) is 3. The molecule has 18 heteroatoms. The Hall–Kier alpha value is -5.10. The number of rotatable bonds is 7. The van der Waals surface area contributed by atoms with E-state index in [2.05, 4.69) is 90.7 Å². The number of nitrogens with zero attached hydrogens (tertiary/aromatic N) is 9. The number of morpholine rings is 1. The van der Waals surface area contributed by atoms with Gasteiger partial charge in [0.1, 0.15) is 22.1 Å². The lowest BCUT2D eigenvalue weighted by Crippen LogP contribution is -2.36. The van der Waals surface area contributed by atoms with Gasteiger partial charge in [0.2, 0.25) is 0 Å². The molecule has 9 aromatic rings. The maximum Gasteiger partial charge on any atom is 0.189 e. The highest BCUT2D eigenvalue weighted by molar-refractivity contribution is 9.11. The molecular weight excluding hydrogens is 831 g/mol. The predicted octanol–water partition coefficient (Wildman–Crippen LogP) is 9.39. The number of anilines is 3. The first-order chi connectivity index (χ1) is 26.5. The van der Waals surface area contributed by atoms with Crippen molar-refractivity contribution in [3.8, 4) is 34.2 Å². The van der Waals surface area contributed by atoms with Gasteiger partial charge in [0.05, 0.1) is 37.0 Å². The molecule has 0 spiro atoms. The number of thiazole rings is 2. The molecule has 1 saturated heterocycles. The van der Waals surface area contributed by atoms with Crippen LogP contribution in [0, 0.1) is 0 Å². The molecule has 0 amide bonds. The molecule has 0 unspecified atom stereocenters. The van der Waals surface area contributed by atoms with Crippen LogP contribution in [0.15, 0.2) is 102 Å². The SMILES string of the molecule is Clc1ccccc1-c1cncn1-c1n[nH]c2nc(Br)sc12.Clc1ccccc1-c1cncn1-c1n[nH]c2nc(Nc3ccc(N4CCOCC4)cc3)sc12. The molecule has 3 aromatic carbocycles. The number of aromatic nitrogens is 10. The second kappa shape index (κ2) is 15.0. The molecule has 3 N–H and O–H groups in total. The number of halogens is 3. The van der Waals surface area contributed by atoms with Crippen molar-refractivity contribution in [2.45, 2.75) is 0 Å². The average Bonchev–Trinajstić information content (AvgIpc) is 4.05. The lowest BCUT2D eigenvalue weighted by atomic mass is 10.1. The van der Waals surface area contributed by atoms with Crippen LogP contribution in [0.25, 0.3) is 54.8 Å². The molecule has 54 heavy (non-hydrogen) atoms. The molecule has 1 aliphatic rings. The third-order valence-corrected chi connectivity index (χ3v) is 11.8. The van der Waals surface area contributed by atoms with Crippen LogP contribution >= 0.6 is 61.8 Å². The minimum atomic E-state index is 0.665. The van der Waals surface area contributed by atoms with Crippen molar-refractivity contribution < 1.29 is 4.74 Å². The number of H-pyrrole nitrogens is 2. The van der Waals surface area contributed by atoms with Gasteiger partial charge in [-0.3, -0.25) is 19.3 Å². The quantitative estimate of drug-likeness (QED) is 0.143. The summed E-state index contributed by atoms with van der Waals surface area (Å²) in [5.41, 5.74) is 7.23. The van der Waals surface area contributed by atoms with Crippen LogP contribution in [0.5, 0.6) is 0 Å². The minimum Gasteiger partial charge on any atom is -0.378 e. The molecule has 0 aliphatic carbocycles. The second-order valence-corrected chi connectivity index (χ2v) is 16.1. The summed E-state index contributed by atoms with van der Waals surface area (Å²) in [7, 11) is 0. The first kappa shape index (κ1) is 34.7. The van der Waals surface area contributed by atoms with E-state index < -0.39 is 0 Å². The number of hydrogen-bond acceptors (Lipinski definition) is 11. The Morgan fingerprint density at radius 2 is 1.26 bits per heavy atom. The fraction of sp³-hybridized carbons (Fsp3) is 0.111. The Morgan fingerprint density at radius 1 is 0.704 bits per heavy atom. The van der Waals surface area contributed by atoms with Crippen LogP contribution in [-0.4, -0.2) is 75.8 Å². The summed E-state index contributed by atoms with van der Waals surface area (Å²) in [4.78, 5) is 19.9. The van der Waals surface area contributed by atoms with Gasteiger partial charge >= 0.3 is 0 Å². The third kappa shape index (κ3) is 6.76. The molecule has 1 aliphatic heterocycles. The normalized spacial score (nSPS) is 13.1. The van der Waals surface area contributed by atoms with Gasteiger partial charge in [-0.15, -0.1) is 11.3 Å². The van der Waals surface area contributed by atoms with E-state index in [-0.39, 0.29) is 0 Å². The van der Waals surface area contributed by atoms with E-state index in [0.29, 0.717) is 10.0 Å². The van der Waals surface area contributed by atoms with Crippen molar-refractivity contribution in [1.29, 1.82) is 0 Å². The lowest BCUT2D eigenvalue weighted by molar-refractivity contribution is 0.122. The number of ether oxygens (including phenoxy) is 1. The van der Waals surface area contributed by atoms with Gasteiger partial charge in [-0.1, -0.05) is 70.9 Å². The summed E-state index contributed by atoms with van der Waals surface area (Å²) in [5, 5.41) is 20.3. The Bertz CT molecular complexity index is 2710. The third-order valence-electron chi connectivity index (χ3n) is 8.70. The number of hydrogen-bond donors (Lipinski definition) is 3. The fourth-order valence-electron chi connectivity index (χ4n) is 6.13. The molecule has 0 saturated carbocycles. The molecule has 0 bridgehead atoms. The maximum absolute atomic E-state index is 6.42. The number of imidazole rings is 2. The van der Waals surface area contributed by atoms with Crippen LogP contribution in [0.2, 0.25) is 10.0 Å². The first-order valence-electron chi connectivity index (χ1n) is 16.6. The second-order valence-electron chi connectivity index (χ2n) is 12.0. The molecule has 0 radical (unpaired) electrons. The largest absolute Gasteiger partial charge is 0.378 e. The molecule has 0 atom stereocenters. The summed E-state index contributed by atoms with van der Waals surface area (Å²) >= 11 is 19.2. The predicted molar refractivity (Wildman–Crippen MR) is 219 cm³/mol. The Kier molecular flexibility index (Phi) is 9.61. The van der Waals surface area contributed by atoms with Gasteiger partial charge in [-0.25, -0.2) is 19.9 Å². The van der Waals surface area contributed by atoms with Gasteiger partial charge in [-0.05, 0) is 52.3 Å².